The van der Waals surface area contributed by atoms with Gasteiger partial charge in [0.05, 0.1) is 0 Å². The van der Waals surface area contributed by atoms with Crippen LogP contribution >= 0.6 is 0 Å². The first-order valence-electron chi connectivity index (χ1n) is 8.07. The van der Waals surface area contributed by atoms with E-state index in [1.54, 1.807) is 0 Å². The Hall–Kier alpha value is -1.00. The third kappa shape index (κ3) is 4.48. The summed E-state index contributed by atoms with van der Waals surface area (Å²) in [5, 5.41) is 3.35. The molecule has 118 valence electrons. The molecular weight excluding hydrogens is 270 g/mol. The van der Waals surface area contributed by atoms with Crippen molar-refractivity contribution in [2.45, 2.75) is 51.6 Å². The summed E-state index contributed by atoms with van der Waals surface area (Å²) in [5.74, 6) is -0.999. The topological polar surface area (TPSA) is 15.3 Å². The molecule has 0 saturated carbocycles. The lowest BCUT2D eigenvalue weighted by Crippen LogP contribution is -2.33. The van der Waals surface area contributed by atoms with Gasteiger partial charge in [-0.05, 0) is 56.5 Å². The molecule has 4 heteroatoms. The van der Waals surface area contributed by atoms with Gasteiger partial charge in [-0.2, -0.15) is 0 Å². The van der Waals surface area contributed by atoms with E-state index in [-0.39, 0.29) is 6.04 Å². The largest absolute Gasteiger partial charge is 0.310 e. The molecular formula is C17H26F2N2. The Labute approximate surface area is 126 Å². The minimum Gasteiger partial charge on any atom is -0.310 e. The Bertz CT molecular complexity index is 430. The Morgan fingerprint density at radius 1 is 1.24 bits per heavy atom. The second-order valence-corrected chi connectivity index (χ2v) is 5.84. The predicted molar refractivity (Wildman–Crippen MR) is 82.3 cm³/mol. The SMILES string of the molecule is CCNC(CCN1CCCC1CC)c1cc(F)cc(F)c1. The highest BCUT2D eigenvalue weighted by Gasteiger charge is 2.23. The first kappa shape index (κ1) is 16.4. The molecule has 1 N–H and O–H groups in total. The molecule has 0 amide bonds. The summed E-state index contributed by atoms with van der Waals surface area (Å²) < 4.78 is 26.8. The average molecular weight is 296 g/mol. The summed E-state index contributed by atoms with van der Waals surface area (Å²) in [5.41, 5.74) is 0.710. The fourth-order valence-corrected chi connectivity index (χ4v) is 3.36. The quantitative estimate of drug-likeness (QED) is 0.821. The molecule has 1 fully saturated rings. The standard InChI is InChI=1S/C17H26F2N2/c1-3-16-6-5-8-21(16)9-7-17(20-4-2)13-10-14(18)12-15(19)11-13/h10-12,16-17,20H,3-9H2,1-2H3. The van der Waals surface area contributed by atoms with Crippen LogP contribution in [-0.2, 0) is 0 Å². The lowest BCUT2D eigenvalue weighted by atomic mass is 10.0. The predicted octanol–water partition coefficient (Wildman–Crippen LogP) is 3.88. The normalized spacial score (nSPS) is 20.9. The average Bonchev–Trinajstić information content (AvgIpc) is 2.89. The summed E-state index contributed by atoms with van der Waals surface area (Å²) >= 11 is 0. The van der Waals surface area contributed by atoms with E-state index in [9.17, 15) is 8.78 Å². The molecule has 0 spiro atoms. The molecule has 1 heterocycles. The van der Waals surface area contributed by atoms with E-state index < -0.39 is 11.6 Å². The first-order valence-corrected chi connectivity index (χ1v) is 8.07. The first-order chi connectivity index (χ1) is 10.1. The van der Waals surface area contributed by atoms with Crippen LogP contribution in [0, 0.1) is 11.6 Å². The van der Waals surface area contributed by atoms with Crippen LogP contribution in [0.5, 0.6) is 0 Å². The number of benzene rings is 1. The highest BCUT2D eigenvalue weighted by Crippen LogP contribution is 2.24. The number of nitrogens with zero attached hydrogens (tertiary/aromatic N) is 1. The highest BCUT2D eigenvalue weighted by atomic mass is 19.1. The molecule has 1 aromatic rings. The zero-order valence-electron chi connectivity index (χ0n) is 13.0. The fraction of sp³-hybridized carbons (Fsp3) is 0.647. The molecule has 2 nitrogen and oxygen atoms in total. The van der Waals surface area contributed by atoms with Crippen LogP contribution in [-0.4, -0.2) is 30.6 Å². The van der Waals surface area contributed by atoms with Gasteiger partial charge < -0.3 is 10.2 Å². The molecule has 2 atom stereocenters. The van der Waals surface area contributed by atoms with E-state index in [1.165, 1.54) is 31.4 Å². The van der Waals surface area contributed by atoms with Crippen molar-refractivity contribution in [1.29, 1.82) is 0 Å². The Morgan fingerprint density at radius 3 is 2.57 bits per heavy atom. The van der Waals surface area contributed by atoms with Crippen molar-refractivity contribution >= 4 is 0 Å². The highest BCUT2D eigenvalue weighted by molar-refractivity contribution is 5.21. The number of rotatable bonds is 7. The maximum atomic E-state index is 13.4. The minimum atomic E-state index is -0.500. The van der Waals surface area contributed by atoms with E-state index in [4.69, 9.17) is 0 Å². The third-order valence-corrected chi connectivity index (χ3v) is 4.41. The van der Waals surface area contributed by atoms with Crippen molar-refractivity contribution < 1.29 is 8.78 Å². The molecule has 0 aliphatic carbocycles. The molecule has 1 saturated heterocycles. The molecule has 1 aromatic carbocycles. The summed E-state index contributed by atoms with van der Waals surface area (Å²) in [7, 11) is 0. The van der Waals surface area contributed by atoms with Gasteiger partial charge in [-0.1, -0.05) is 13.8 Å². The molecule has 2 rings (SSSR count). The van der Waals surface area contributed by atoms with Crippen LogP contribution in [0.1, 0.15) is 51.1 Å². The van der Waals surface area contributed by atoms with Crippen LogP contribution in [0.15, 0.2) is 18.2 Å². The Morgan fingerprint density at radius 2 is 1.95 bits per heavy atom. The molecule has 0 radical (unpaired) electrons. The zero-order valence-corrected chi connectivity index (χ0v) is 13.0. The van der Waals surface area contributed by atoms with E-state index in [0.29, 0.717) is 11.6 Å². The van der Waals surface area contributed by atoms with E-state index in [1.807, 2.05) is 6.92 Å². The van der Waals surface area contributed by atoms with E-state index in [0.717, 1.165) is 32.1 Å². The summed E-state index contributed by atoms with van der Waals surface area (Å²) in [6.07, 6.45) is 4.60. The van der Waals surface area contributed by atoms with Crippen molar-refractivity contribution in [2.75, 3.05) is 19.6 Å². The van der Waals surface area contributed by atoms with Crippen molar-refractivity contribution in [2.24, 2.45) is 0 Å². The number of likely N-dealkylation sites (tertiary alicyclic amines) is 1. The van der Waals surface area contributed by atoms with Gasteiger partial charge in [0.25, 0.3) is 0 Å². The van der Waals surface area contributed by atoms with Gasteiger partial charge in [0.1, 0.15) is 11.6 Å². The lowest BCUT2D eigenvalue weighted by Gasteiger charge is -2.26. The van der Waals surface area contributed by atoms with Crippen LogP contribution in [0.4, 0.5) is 8.78 Å². The fourth-order valence-electron chi connectivity index (χ4n) is 3.36. The van der Waals surface area contributed by atoms with Gasteiger partial charge in [0.15, 0.2) is 0 Å². The maximum absolute atomic E-state index is 13.4. The van der Waals surface area contributed by atoms with Crippen molar-refractivity contribution in [3.8, 4) is 0 Å². The molecule has 21 heavy (non-hydrogen) atoms. The number of hydrogen-bond donors (Lipinski definition) is 1. The summed E-state index contributed by atoms with van der Waals surface area (Å²) in [4.78, 5) is 2.51. The van der Waals surface area contributed by atoms with Gasteiger partial charge in [-0.3, -0.25) is 0 Å². The molecule has 1 aliphatic rings. The second kappa shape index (κ2) is 7.85. The van der Waals surface area contributed by atoms with Crippen molar-refractivity contribution in [3.05, 3.63) is 35.4 Å². The van der Waals surface area contributed by atoms with Gasteiger partial charge >= 0.3 is 0 Å². The Kier molecular flexibility index (Phi) is 6.12. The molecule has 0 aromatic heterocycles. The van der Waals surface area contributed by atoms with Gasteiger partial charge in [-0.25, -0.2) is 8.78 Å². The molecule has 1 aliphatic heterocycles. The van der Waals surface area contributed by atoms with Crippen LogP contribution in [0.2, 0.25) is 0 Å². The maximum Gasteiger partial charge on any atom is 0.126 e. The Balaban J connectivity index is 2.01. The lowest BCUT2D eigenvalue weighted by molar-refractivity contribution is 0.234. The molecule has 2 unspecified atom stereocenters. The number of nitrogens with one attached hydrogen (secondary N) is 1. The van der Waals surface area contributed by atoms with Gasteiger partial charge in [0, 0.05) is 24.7 Å². The van der Waals surface area contributed by atoms with Crippen molar-refractivity contribution in [1.82, 2.24) is 10.2 Å². The second-order valence-electron chi connectivity index (χ2n) is 5.84. The molecule has 0 bridgehead atoms. The summed E-state index contributed by atoms with van der Waals surface area (Å²) in [6, 6.07) is 4.50. The van der Waals surface area contributed by atoms with Crippen molar-refractivity contribution in [3.63, 3.8) is 0 Å². The minimum absolute atomic E-state index is 0.0123. The van der Waals surface area contributed by atoms with Crippen LogP contribution in [0.3, 0.4) is 0 Å². The summed E-state index contributed by atoms with van der Waals surface area (Å²) in [6.45, 7) is 7.17. The van der Waals surface area contributed by atoms with E-state index in [2.05, 4.69) is 17.1 Å². The number of halogens is 2. The third-order valence-electron chi connectivity index (χ3n) is 4.41. The monoisotopic (exact) mass is 296 g/mol. The van der Waals surface area contributed by atoms with Gasteiger partial charge in [0.2, 0.25) is 0 Å². The van der Waals surface area contributed by atoms with Crippen LogP contribution in [0.25, 0.3) is 0 Å². The number of hydrogen-bond acceptors (Lipinski definition) is 2. The van der Waals surface area contributed by atoms with Gasteiger partial charge in [-0.15, -0.1) is 0 Å². The smallest absolute Gasteiger partial charge is 0.126 e. The zero-order chi connectivity index (χ0) is 15.2. The van der Waals surface area contributed by atoms with Crippen LogP contribution < -0.4 is 5.32 Å². The van der Waals surface area contributed by atoms with E-state index >= 15 is 0 Å².